The van der Waals surface area contributed by atoms with Gasteiger partial charge in [-0.25, -0.2) is 0 Å². The van der Waals surface area contributed by atoms with Gasteiger partial charge < -0.3 is 10.3 Å². The fourth-order valence-corrected chi connectivity index (χ4v) is 2.28. The molecule has 0 aliphatic carbocycles. The maximum absolute atomic E-state index is 5.88. The molecule has 0 saturated heterocycles. The van der Waals surface area contributed by atoms with Gasteiger partial charge in [0.15, 0.2) is 0 Å². The number of aromatic nitrogens is 2. The molecule has 0 amide bonds. The zero-order valence-electron chi connectivity index (χ0n) is 11.3. The molecular formula is C16H14ClN3O. The van der Waals surface area contributed by atoms with Gasteiger partial charge in [-0.1, -0.05) is 35.0 Å². The van der Waals surface area contributed by atoms with Gasteiger partial charge in [-0.15, -0.1) is 0 Å². The molecule has 2 N–H and O–H groups in total. The molecule has 2 aromatic carbocycles. The molecule has 0 aliphatic heterocycles. The molecule has 0 atom stereocenters. The summed E-state index contributed by atoms with van der Waals surface area (Å²) < 4.78 is 5.39. The van der Waals surface area contributed by atoms with Crippen molar-refractivity contribution in [1.29, 1.82) is 0 Å². The van der Waals surface area contributed by atoms with E-state index >= 15 is 0 Å². The van der Waals surface area contributed by atoms with E-state index in [0.29, 0.717) is 23.3 Å². The van der Waals surface area contributed by atoms with Crippen LogP contribution in [0.4, 0.5) is 0 Å². The van der Waals surface area contributed by atoms with Crippen LogP contribution in [0.2, 0.25) is 5.02 Å². The van der Waals surface area contributed by atoms with Crippen molar-refractivity contribution in [1.82, 2.24) is 10.1 Å². The van der Waals surface area contributed by atoms with Crippen LogP contribution in [0.15, 0.2) is 53.1 Å². The highest BCUT2D eigenvalue weighted by Gasteiger charge is 2.13. The second kappa shape index (κ2) is 6.08. The highest BCUT2D eigenvalue weighted by molar-refractivity contribution is 6.30. The second-order valence-electron chi connectivity index (χ2n) is 4.63. The molecule has 4 nitrogen and oxygen atoms in total. The minimum atomic E-state index is 0.504. The van der Waals surface area contributed by atoms with Gasteiger partial charge in [-0.3, -0.25) is 0 Å². The lowest BCUT2D eigenvalue weighted by atomic mass is 10.0. The van der Waals surface area contributed by atoms with E-state index in [-0.39, 0.29) is 0 Å². The summed E-state index contributed by atoms with van der Waals surface area (Å²) in [7, 11) is 0. The highest BCUT2D eigenvalue weighted by atomic mass is 35.5. The smallest absolute Gasteiger partial charge is 0.258 e. The summed E-state index contributed by atoms with van der Waals surface area (Å²) in [6.45, 7) is 0.579. The van der Waals surface area contributed by atoms with Crippen LogP contribution < -0.4 is 5.73 Å². The van der Waals surface area contributed by atoms with E-state index in [1.54, 1.807) is 12.1 Å². The summed E-state index contributed by atoms with van der Waals surface area (Å²) >= 11 is 5.88. The molecule has 0 spiro atoms. The van der Waals surface area contributed by atoms with E-state index in [9.17, 15) is 0 Å². The lowest BCUT2D eigenvalue weighted by Crippen LogP contribution is -2.03. The van der Waals surface area contributed by atoms with Crippen LogP contribution in [0.3, 0.4) is 0 Å². The highest BCUT2D eigenvalue weighted by Crippen LogP contribution is 2.25. The Kier molecular flexibility index (Phi) is 3.99. The minimum absolute atomic E-state index is 0.504. The molecule has 0 aliphatic rings. The Labute approximate surface area is 127 Å². The number of rotatable bonds is 4. The summed E-state index contributed by atoms with van der Waals surface area (Å²) in [4.78, 5) is 4.46. The quantitative estimate of drug-likeness (QED) is 0.800. The topological polar surface area (TPSA) is 64.9 Å². The Morgan fingerprint density at radius 1 is 1.05 bits per heavy atom. The van der Waals surface area contributed by atoms with Gasteiger partial charge in [-0.2, -0.15) is 4.98 Å². The molecule has 21 heavy (non-hydrogen) atoms. The number of hydrogen-bond acceptors (Lipinski definition) is 4. The molecule has 1 heterocycles. The lowest BCUT2D eigenvalue weighted by Gasteiger charge is -2.03. The van der Waals surface area contributed by atoms with Crippen molar-refractivity contribution in [2.45, 2.75) is 6.42 Å². The third-order valence-corrected chi connectivity index (χ3v) is 3.44. The first-order valence-corrected chi connectivity index (χ1v) is 7.03. The number of hydrogen-bond donors (Lipinski definition) is 1. The van der Waals surface area contributed by atoms with Crippen molar-refractivity contribution in [2.75, 3.05) is 6.54 Å². The number of nitrogens with zero attached hydrogens (tertiary/aromatic N) is 2. The van der Waals surface area contributed by atoms with Crippen molar-refractivity contribution < 1.29 is 4.52 Å². The molecule has 3 aromatic rings. The summed E-state index contributed by atoms with van der Waals surface area (Å²) in [5.41, 5.74) is 8.53. The SMILES string of the molecule is NCCc1ccccc1-c1nc(-c2ccc(Cl)cc2)no1. The predicted octanol–water partition coefficient (Wildman–Crippen LogP) is 3.56. The summed E-state index contributed by atoms with van der Waals surface area (Å²) in [6.07, 6.45) is 0.773. The Bertz CT molecular complexity index is 737. The van der Waals surface area contributed by atoms with Crippen molar-refractivity contribution in [3.63, 3.8) is 0 Å². The van der Waals surface area contributed by atoms with Gasteiger partial charge >= 0.3 is 0 Å². The molecule has 3 rings (SSSR count). The maximum Gasteiger partial charge on any atom is 0.258 e. The van der Waals surface area contributed by atoms with E-state index in [0.717, 1.165) is 23.1 Å². The lowest BCUT2D eigenvalue weighted by molar-refractivity contribution is 0.432. The summed E-state index contributed by atoms with van der Waals surface area (Å²) in [5.74, 6) is 1.05. The predicted molar refractivity (Wildman–Crippen MR) is 82.9 cm³/mol. The Morgan fingerprint density at radius 2 is 1.81 bits per heavy atom. The van der Waals surface area contributed by atoms with Crippen LogP contribution in [0.25, 0.3) is 22.8 Å². The Hall–Kier alpha value is -2.17. The molecule has 1 aromatic heterocycles. The maximum atomic E-state index is 5.88. The minimum Gasteiger partial charge on any atom is -0.334 e. The van der Waals surface area contributed by atoms with E-state index in [2.05, 4.69) is 10.1 Å². The van der Waals surface area contributed by atoms with E-state index in [4.69, 9.17) is 21.9 Å². The van der Waals surface area contributed by atoms with Gasteiger partial charge in [0.05, 0.1) is 0 Å². The standard InChI is InChI=1S/C16H14ClN3O/c17-13-7-5-12(6-8-13)15-19-16(21-20-15)14-4-2-1-3-11(14)9-10-18/h1-8H,9-10,18H2. The fourth-order valence-electron chi connectivity index (χ4n) is 2.15. The van der Waals surface area contributed by atoms with Gasteiger partial charge in [0, 0.05) is 16.1 Å². The number of nitrogens with two attached hydrogens (primary N) is 1. The molecule has 0 bridgehead atoms. The molecule has 0 radical (unpaired) electrons. The van der Waals surface area contributed by atoms with Crippen LogP contribution in [0.5, 0.6) is 0 Å². The summed E-state index contributed by atoms with van der Waals surface area (Å²) in [5, 5.41) is 4.71. The first-order valence-electron chi connectivity index (χ1n) is 6.66. The van der Waals surface area contributed by atoms with Crippen LogP contribution in [0.1, 0.15) is 5.56 Å². The fraction of sp³-hybridized carbons (Fsp3) is 0.125. The van der Waals surface area contributed by atoms with Crippen molar-refractivity contribution in [3.8, 4) is 22.8 Å². The monoisotopic (exact) mass is 299 g/mol. The average molecular weight is 300 g/mol. The molecule has 0 fully saturated rings. The van der Waals surface area contributed by atoms with E-state index in [1.807, 2.05) is 36.4 Å². The molecule has 0 saturated carbocycles. The molecular weight excluding hydrogens is 286 g/mol. The van der Waals surface area contributed by atoms with Crippen LogP contribution >= 0.6 is 11.6 Å². The van der Waals surface area contributed by atoms with Crippen molar-refractivity contribution in [3.05, 3.63) is 59.1 Å². The van der Waals surface area contributed by atoms with Crippen LogP contribution in [-0.2, 0) is 6.42 Å². The van der Waals surface area contributed by atoms with Crippen LogP contribution in [0, 0.1) is 0 Å². The van der Waals surface area contributed by atoms with E-state index < -0.39 is 0 Å². The number of halogens is 1. The third-order valence-electron chi connectivity index (χ3n) is 3.19. The van der Waals surface area contributed by atoms with E-state index in [1.165, 1.54) is 0 Å². The number of benzene rings is 2. The van der Waals surface area contributed by atoms with Crippen molar-refractivity contribution in [2.24, 2.45) is 5.73 Å². The van der Waals surface area contributed by atoms with Gasteiger partial charge in [0.2, 0.25) is 5.82 Å². The molecule has 5 heteroatoms. The Morgan fingerprint density at radius 3 is 2.57 bits per heavy atom. The molecule has 106 valence electrons. The molecule has 0 unspecified atom stereocenters. The second-order valence-corrected chi connectivity index (χ2v) is 5.06. The first kappa shape index (κ1) is 13.8. The average Bonchev–Trinajstić information content (AvgIpc) is 2.99. The van der Waals surface area contributed by atoms with Crippen LogP contribution in [-0.4, -0.2) is 16.7 Å². The largest absolute Gasteiger partial charge is 0.334 e. The zero-order chi connectivity index (χ0) is 14.7. The summed E-state index contributed by atoms with van der Waals surface area (Å²) in [6, 6.07) is 15.2. The normalized spacial score (nSPS) is 10.8. The Balaban J connectivity index is 1.97. The van der Waals surface area contributed by atoms with Gasteiger partial charge in [0.1, 0.15) is 0 Å². The van der Waals surface area contributed by atoms with Gasteiger partial charge in [0.25, 0.3) is 5.89 Å². The zero-order valence-corrected chi connectivity index (χ0v) is 12.0. The first-order chi connectivity index (χ1) is 10.3. The third kappa shape index (κ3) is 2.96. The van der Waals surface area contributed by atoms with Crippen molar-refractivity contribution >= 4 is 11.6 Å². The van der Waals surface area contributed by atoms with Gasteiger partial charge in [-0.05, 0) is 48.9 Å².